The topological polar surface area (TPSA) is 30.5 Å². The molecule has 106 valence electrons. The van der Waals surface area contributed by atoms with Gasteiger partial charge in [0.2, 0.25) is 0 Å². The Morgan fingerprint density at radius 3 is 2.84 bits per heavy atom. The van der Waals surface area contributed by atoms with Gasteiger partial charge < -0.3 is 14.8 Å². The van der Waals surface area contributed by atoms with Crippen LogP contribution in [0, 0.1) is 0 Å². The lowest BCUT2D eigenvalue weighted by Gasteiger charge is -2.29. The Morgan fingerprint density at radius 2 is 2.11 bits per heavy atom. The zero-order valence-corrected chi connectivity index (χ0v) is 13.2. The Kier molecular flexibility index (Phi) is 5.67. The third-order valence-corrected chi connectivity index (χ3v) is 4.24. The van der Waals surface area contributed by atoms with E-state index >= 15 is 0 Å². The number of ether oxygens (including phenoxy) is 2. The van der Waals surface area contributed by atoms with Gasteiger partial charge in [0.25, 0.3) is 0 Å². The van der Waals surface area contributed by atoms with Crippen molar-refractivity contribution in [3.8, 4) is 5.75 Å². The molecule has 19 heavy (non-hydrogen) atoms. The summed E-state index contributed by atoms with van der Waals surface area (Å²) in [5.41, 5.74) is 1.19. The monoisotopic (exact) mass is 327 g/mol. The molecule has 0 heterocycles. The van der Waals surface area contributed by atoms with Crippen LogP contribution in [0.4, 0.5) is 0 Å². The smallest absolute Gasteiger partial charge is 0.138 e. The van der Waals surface area contributed by atoms with E-state index in [4.69, 9.17) is 9.47 Å². The molecular weight excluding hydrogens is 306 g/mol. The number of nitrogens with one attached hydrogen (secondary N) is 1. The van der Waals surface area contributed by atoms with Crippen molar-refractivity contribution in [1.29, 1.82) is 0 Å². The summed E-state index contributed by atoms with van der Waals surface area (Å²) in [7, 11) is 3.74. The molecule has 2 unspecified atom stereocenters. The van der Waals surface area contributed by atoms with Crippen molar-refractivity contribution in [2.75, 3.05) is 14.2 Å². The number of hydrogen-bond donors (Lipinski definition) is 1. The molecule has 4 heteroatoms. The molecule has 0 amide bonds. The van der Waals surface area contributed by atoms with Gasteiger partial charge in [-0.1, -0.05) is 12.1 Å². The maximum absolute atomic E-state index is 6.23. The number of hydrogen-bond acceptors (Lipinski definition) is 3. The third kappa shape index (κ3) is 3.94. The van der Waals surface area contributed by atoms with E-state index in [1.165, 1.54) is 12.0 Å². The van der Waals surface area contributed by atoms with E-state index in [0.29, 0.717) is 6.10 Å². The van der Waals surface area contributed by atoms with Gasteiger partial charge in [0.1, 0.15) is 11.9 Å². The van der Waals surface area contributed by atoms with E-state index < -0.39 is 0 Å². The maximum Gasteiger partial charge on any atom is 0.138 e. The molecule has 3 nitrogen and oxygen atoms in total. The molecule has 2 rings (SSSR count). The summed E-state index contributed by atoms with van der Waals surface area (Å²) in [4.78, 5) is 0. The van der Waals surface area contributed by atoms with E-state index in [-0.39, 0.29) is 6.10 Å². The van der Waals surface area contributed by atoms with Crippen LogP contribution in [0.1, 0.15) is 31.2 Å². The van der Waals surface area contributed by atoms with E-state index in [2.05, 4.69) is 27.3 Å². The van der Waals surface area contributed by atoms with Crippen LogP contribution in [0.5, 0.6) is 5.75 Å². The van der Waals surface area contributed by atoms with Gasteiger partial charge in [-0.3, -0.25) is 0 Å². The zero-order chi connectivity index (χ0) is 13.7. The van der Waals surface area contributed by atoms with Crippen molar-refractivity contribution in [1.82, 2.24) is 5.32 Å². The highest BCUT2D eigenvalue weighted by molar-refractivity contribution is 9.10. The minimum Gasteiger partial charge on any atom is -0.489 e. The molecule has 0 aliphatic heterocycles. The number of halogens is 1. The lowest BCUT2D eigenvalue weighted by molar-refractivity contribution is 0.0204. The summed E-state index contributed by atoms with van der Waals surface area (Å²) in [6.07, 6.45) is 5.02. The molecule has 1 fully saturated rings. The van der Waals surface area contributed by atoms with Gasteiger partial charge in [-0.2, -0.15) is 0 Å². The van der Waals surface area contributed by atoms with Crippen LogP contribution >= 0.6 is 15.9 Å². The number of para-hydroxylation sites is 1. The van der Waals surface area contributed by atoms with Gasteiger partial charge in [-0.25, -0.2) is 0 Å². The van der Waals surface area contributed by atoms with Crippen molar-refractivity contribution in [2.24, 2.45) is 0 Å². The molecular formula is C15H22BrNO2. The second kappa shape index (κ2) is 7.27. The quantitative estimate of drug-likeness (QED) is 0.897. The van der Waals surface area contributed by atoms with Crippen molar-refractivity contribution >= 4 is 15.9 Å². The first kappa shape index (κ1) is 14.8. The highest BCUT2D eigenvalue weighted by atomic mass is 79.9. The summed E-state index contributed by atoms with van der Waals surface area (Å²) < 4.78 is 12.7. The van der Waals surface area contributed by atoms with Gasteiger partial charge in [0, 0.05) is 25.6 Å². The second-order valence-corrected chi connectivity index (χ2v) is 5.88. The fourth-order valence-corrected chi connectivity index (χ4v) is 3.11. The largest absolute Gasteiger partial charge is 0.489 e. The van der Waals surface area contributed by atoms with Crippen LogP contribution in [0.15, 0.2) is 22.7 Å². The fraction of sp³-hybridized carbons (Fsp3) is 0.600. The first-order chi connectivity index (χ1) is 9.24. The minimum atomic E-state index is 0.257. The molecule has 1 aliphatic carbocycles. The highest BCUT2D eigenvalue weighted by Crippen LogP contribution is 2.33. The third-order valence-electron chi connectivity index (χ3n) is 3.61. The molecule has 1 N–H and O–H groups in total. The van der Waals surface area contributed by atoms with Crippen LogP contribution in [0.2, 0.25) is 0 Å². The molecule has 1 aromatic rings. The zero-order valence-electron chi connectivity index (χ0n) is 11.6. The molecule has 0 bridgehead atoms. The first-order valence-corrected chi connectivity index (χ1v) is 7.65. The van der Waals surface area contributed by atoms with Gasteiger partial charge in [-0.15, -0.1) is 0 Å². The van der Waals surface area contributed by atoms with E-state index in [9.17, 15) is 0 Å². The Morgan fingerprint density at radius 1 is 1.32 bits per heavy atom. The summed E-state index contributed by atoms with van der Waals surface area (Å²) in [6.45, 7) is 0.815. The predicted octanol–water partition coefficient (Wildman–Crippen LogP) is 3.50. The van der Waals surface area contributed by atoms with Gasteiger partial charge in [0.15, 0.2) is 0 Å². The van der Waals surface area contributed by atoms with Crippen LogP contribution in [0.25, 0.3) is 0 Å². The summed E-state index contributed by atoms with van der Waals surface area (Å²) in [5.74, 6) is 0.971. The second-order valence-electron chi connectivity index (χ2n) is 5.02. The summed E-state index contributed by atoms with van der Waals surface area (Å²) >= 11 is 3.59. The lowest BCUT2D eigenvalue weighted by Crippen LogP contribution is -2.30. The first-order valence-electron chi connectivity index (χ1n) is 6.86. The Labute approximate surface area is 123 Å². The standard InChI is InChI=1S/C15H22BrNO2/c1-17-10-11-5-3-8-14(16)15(11)19-13-7-4-6-12(9-13)18-2/h3,5,8,12-13,17H,4,6-7,9-10H2,1-2H3. The van der Waals surface area contributed by atoms with E-state index in [1.807, 2.05) is 19.2 Å². The van der Waals surface area contributed by atoms with Gasteiger partial charge in [-0.05, 0) is 48.3 Å². The minimum absolute atomic E-state index is 0.257. The summed E-state index contributed by atoms with van der Waals surface area (Å²) in [5, 5.41) is 3.18. The highest BCUT2D eigenvalue weighted by Gasteiger charge is 2.24. The number of benzene rings is 1. The van der Waals surface area contributed by atoms with Gasteiger partial charge in [0.05, 0.1) is 10.6 Å². The SMILES string of the molecule is CNCc1cccc(Br)c1OC1CCCC(OC)C1. The Balaban J connectivity index is 2.09. The molecule has 0 aromatic heterocycles. The van der Waals surface area contributed by atoms with E-state index in [0.717, 1.165) is 36.0 Å². The summed E-state index contributed by atoms with van der Waals surface area (Å²) in [6, 6.07) is 6.18. The van der Waals surface area contributed by atoms with Crippen LogP contribution in [-0.4, -0.2) is 26.4 Å². The lowest BCUT2D eigenvalue weighted by atomic mass is 9.95. The van der Waals surface area contributed by atoms with E-state index in [1.54, 1.807) is 7.11 Å². The average Bonchev–Trinajstić information content (AvgIpc) is 2.43. The number of methoxy groups -OCH3 is 1. The fourth-order valence-electron chi connectivity index (χ4n) is 2.61. The van der Waals surface area contributed by atoms with Crippen molar-refractivity contribution in [2.45, 2.75) is 44.4 Å². The molecule has 0 saturated heterocycles. The van der Waals surface area contributed by atoms with Crippen molar-refractivity contribution < 1.29 is 9.47 Å². The Bertz CT molecular complexity index is 411. The molecule has 0 radical (unpaired) electrons. The van der Waals surface area contributed by atoms with Gasteiger partial charge >= 0.3 is 0 Å². The molecule has 2 atom stereocenters. The van der Waals surface area contributed by atoms with Crippen LogP contribution in [0.3, 0.4) is 0 Å². The average molecular weight is 328 g/mol. The molecule has 1 aliphatic rings. The van der Waals surface area contributed by atoms with Crippen LogP contribution < -0.4 is 10.1 Å². The normalized spacial score (nSPS) is 23.3. The molecule has 1 saturated carbocycles. The van der Waals surface area contributed by atoms with Crippen molar-refractivity contribution in [3.63, 3.8) is 0 Å². The molecule has 1 aromatic carbocycles. The number of rotatable bonds is 5. The predicted molar refractivity (Wildman–Crippen MR) is 80.6 cm³/mol. The Hall–Kier alpha value is -0.580. The maximum atomic E-state index is 6.23. The van der Waals surface area contributed by atoms with Crippen molar-refractivity contribution in [3.05, 3.63) is 28.2 Å². The van der Waals surface area contributed by atoms with Crippen LogP contribution in [-0.2, 0) is 11.3 Å². The molecule has 0 spiro atoms.